The number of aryl methyl sites for hydroxylation is 2. The number of esters is 1. The van der Waals surface area contributed by atoms with Crippen LogP contribution in [0.5, 0.6) is 0 Å². The van der Waals surface area contributed by atoms with E-state index in [-0.39, 0.29) is 27.1 Å². The van der Waals surface area contributed by atoms with Gasteiger partial charge in [0.25, 0.3) is 15.9 Å². The second-order valence-electron chi connectivity index (χ2n) is 7.08. The Hall–Kier alpha value is -3.90. The molecule has 1 heterocycles. The first-order chi connectivity index (χ1) is 16.1. The molecule has 0 radical (unpaired) electrons. The molecule has 0 atom stereocenters. The van der Waals surface area contributed by atoms with E-state index in [9.17, 15) is 18.0 Å². The summed E-state index contributed by atoms with van der Waals surface area (Å²) in [6, 6.07) is 13.4. The van der Waals surface area contributed by atoms with Gasteiger partial charge < -0.3 is 10.1 Å². The number of amides is 1. The van der Waals surface area contributed by atoms with Gasteiger partial charge in [0.1, 0.15) is 0 Å². The van der Waals surface area contributed by atoms with Gasteiger partial charge in [-0.3, -0.25) is 10.1 Å². The van der Waals surface area contributed by atoms with Crippen molar-refractivity contribution < 1.29 is 22.7 Å². The Morgan fingerprint density at radius 2 is 1.56 bits per heavy atom. The van der Waals surface area contributed by atoms with Gasteiger partial charge in [-0.1, -0.05) is 6.07 Å². The lowest BCUT2D eigenvalue weighted by atomic mass is 10.1. The van der Waals surface area contributed by atoms with Crippen molar-refractivity contribution in [2.45, 2.75) is 18.7 Å². The van der Waals surface area contributed by atoms with Crippen LogP contribution in [0.3, 0.4) is 0 Å². The molecule has 1 aromatic heterocycles. The fraction of sp³-hybridized carbons (Fsp3) is 0.136. The van der Waals surface area contributed by atoms with Crippen molar-refractivity contribution in [2.24, 2.45) is 0 Å². The third kappa shape index (κ3) is 6.33. The number of hydrogen-bond acceptors (Lipinski definition) is 8. The second-order valence-corrected chi connectivity index (χ2v) is 9.18. The normalized spacial score (nSPS) is 10.8. The number of ether oxygens (including phenoxy) is 1. The predicted octanol–water partition coefficient (Wildman–Crippen LogP) is 2.81. The van der Waals surface area contributed by atoms with Crippen LogP contribution < -0.4 is 15.4 Å². The number of hydrogen-bond donors (Lipinski definition) is 3. The lowest BCUT2D eigenvalue weighted by Gasteiger charge is -2.11. The van der Waals surface area contributed by atoms with Gasteiger partial charge in [0.2, 0.25) is 5.95 Å². The average Bonchev–Trinajstić information content (AvgIpc) is 2.77. The second kappa shape index (κ2) is 10.4. The number of anilines is 2. The van der Waals surface area contributed by atoms with Crippen LogP contribution in [-0.2, 0) is 14.8 Å². The number of carbonyl (C=O) groups is 2. The molecule has 0 saturated heterocycles. The molecule has 10 nitrogen and oxygen atoms in total. The highest BCUT2D eigenvalue weighted by molar-refractivity contribution is 7.92. The molecule has 0 aliphatic heterocycles. The third-order valence-corrected chi connectivity index (χ3v) is 5.95. The Morgan fingerprint density at radius 3 is 2.18 bits per heavy atom. The quantitative estimate of drug-likeness (QED) is 0.345. The summed E-state index contributed by atoms with van der Waals surface area (Å²) >= 11 is 5.16. The van der Waals surface area contributed by atoms with Gasteiger partial charge in [0, 0.05) is 22.6 Å². The SMILES string of the molecule is COC(=O)c1cccc(C(=O)NC(=S)Nc2ccc(S(=O)(=O)Nc3nc(C)cc(C)n3)cc2)c1. The van der Waals surface area contributed by atoms with Crippen molar-refractivity contribution in [3.8, 4) is 0 Å². The van der Waals surface area contributed by atoms with Gasteiger partial charge in [0.15, 0.2) is 5.11 Å². The van der Waals surface area contributed by atoms with Crippen molar-refractivity contribution in [1.82, 2.24) is 15.3 Å². The molecule has 0 bridgehead atoms. The van der Waals surface area contributed by atoms with E-state index in [1.54, 1.807) is 26.0 Å². The lowest BCUT2D eigenvalue weighted by molar-refractivity contribution is 0.0600. The van der Waals surface area contributed by atoms with E-state index in [1.165, 1.54) is 49.6 Å². The number of carbonyl (C=O) groups excluding carboxylic acids is 2. The minimum absolute atomic E-state index is 0.00427. The molecule has 2 aromatic carbocycles. The maximum absolute atomic E-state index is 12.6. The Balaban J connectivity index is 1.64. The number of methoxy groups -OCH3 is 1. The molecule has 0 aliphatic carbocycles. The van der Waals surface area contributed by atoms with Gasteiger partial charge in [-0.25, -0.2) is 27.9 Å². The van der Waals surface area contributed by atoms with Gasteiger partial charge in [-0.05, 0) is 74.6 Å². The maximum atomic E-state index is 12.6. The first-order valence-electron chi connectivity index (χ1n) is 9.83. The minimum Gasteiger partial charge on any atom is -0.465 e. The van der Waals surface area contributed by atoms with Crippen molar-refractivity contribution in [3.05, 3.63) is 77.1 Å². The molecule has 3 aromatic rings. The smallest absolute Gasteiger partial charge is 0.337 e. The number of benzene rings is 2. The molecule has 0 fully saturated rings. The molecule has 12 heteroatoms. The van der Waals surface area contributed by atoms with Crippen LogP contribution in [0.25, 0.3) is 0 Å². The number of nitrogens with zero attached hydrogens (tertiary/aromatic N) is 2. The minimum atomic E-state index is -3.90. The summed E-state index contributed by atoms with van der Waals surface area (Å²) in [5.41, 5.74) is 2.17. The summed E-state index contributed by atoms with van der Waals surface area (Å²) in [6.07, 6.45) is 0. The molecular weight excluding hydrogens is 478 g/mol. The van der Waals surface area contributed by atoms with Crippen molar-refractivity contribution >= 4 is 50.9 Å². The standard InChI is InChI=1S/C22H21N5O5S2/c1-13-11-14(2)24-21(23-13)27-34(30,31)18-9-7-17(8-10-18)25-22(33)26-19(28)15-5-4-6-16(12-15)20(29)32-3/h4-12H,1-3H3,(H,23,24,27)(H2,25,26,28,33). The van der Waals surface area contributed by atoms with Crippen LogP contribution in [0, 0.1) is 13.8 Å². The highest BCUT2D eigenvalue weighted by atomic mass is 32.2. The van der Waals surface area contributed by atoms with Gasteiger partial charge in [-0.15, -0.1) is 0 Å². The third-order valence-electron chi connectivity index (χ3n) is 4.40. The highest BCUT2D eigenvalue weighted by Crippen LogP contribution is 2.17. The number of nitrogens with one attached hydrogen (secondary N) is 3. The lowest BCUT2D eigenvalue weighted by Crippen LogP contribution is -2.34. The molecule has 176 valence electrons. The van der Waals surface area contributed by atoms with Gasteiger partial charge >= 0.3 is 5.97 Å². The van der Waals surface area contributed by atoms with E-state index in [1.807, 2.05) is 0 Å². The summed E-state index contributed by atoms with van der Waals surface area (Å²) in [4.78, 5) is 32.2. The number of thiocarbonyl (C=S) groups is 1. The fourth-order valence-corrected chi connectivity index (χ4v) is 4.07. The van der Waals surface area contributed by atoms with Crippen molar-refractivity contribution in [3.63, 3.8) is 0 Å². The van der Waals surface area contributed by atoms with Crippen LogP contribution in [-0.4, -0.2) is 42.5 Å². The Labute approximate surface area is 201 Å². The molecule has 34 heavy (non-hydrogen) atoms. The molecule has 3 N–H and O–H groups in total. The summed E-state index contributed by atoms with van der Waals surface area (Å²) in [5.74, 6) is -1.11. The van der Waals surface area contributed by atoms with Crippen LogP contribution in [0.1, 0.15) is 32.1 Å². The topological polar surface area (TPSA) is 139 Å². The van der Waals surface area contributed by atoms with Crippen molar-refractivity contribution in [1.29, 1.82) is 0 Å². The predicted molar refractivity (Wildman–Crippen MR) is 130 cm³/mol. The van der Waals surface area contributed by atoms with E-state index in [2.05, 4.69) is 30.1 Å². The van der Waals surface area contributed by atoms with E-state index >= 15 is 0 Å². The summed E-state index contributed by atoms with van der Waals surface area (Å²) in [5, 5.41) is 5.29. The van der Waals surface area contributed by atoms with Crippen molar-refractivity contribution in [2.75, 3.05) is 17.1 Å². The Morgan fingerprint density at radius 1 is 0.941 bits per heavy atom. The molecular formula is C22H21N5O5S2. The van der Waals surface area contributed by atoms with Crippen LogP contribution in [0.2, 0.25) is 0 Å². The summed E-state index contributed by atoms with van der Waals surface area (Å²) in [7, 11) is -2.66. The molecule has 1 amide bonds. The summed E-state index contributed by atoms with van der Waals surface area (Å²) in [6.45, 7) is 3.48. The highest BCUT2D eigenvalue weighted by Gasteiger charge is 2.17. The van der Waals surface area contributed by atoms with Crippen LogP contribution >= 0.6 is 12.2 Å². The molecule has 3 rings (SSSR count). The average molecular weight is 500 g/mol. The van der Waals surface area contributed by atoms with Gasteiger partial charge in [-0.2, -0.15) is 0 Å². The maximum Gasteiger partial charge on any atom is 0.337 e. The number of aromatic nitrogens is 2. The molecule has 0 spiro atoms. The molecule has 0 unspecified atom stereocenters. The van der Waals surface area contributed by atoms with Crippen LogP contribution in [0.4, 0.5) is 11.6 Å². The molecule has 0 aliphatic rings. The monoisotopic (exact) mass is 499 g/mol. The summed E-state index contributed by atoms with van der Waals surface area (Å²) < 4.78 is 32.3. The number of sulfonamides is 1. The largest absolute Gasteiger partial charge is 0.465 e. The Bertz CT molecular complexity index is 1340. The van der Waals surface area contributed by atoms with Gasteiger partial charge in [0.05, 0.1) is 17.6 Å². The first kappa shape index (κ1) is 24.7. The first-order valence-corrected chi connectivity index (χ1v) is 11.7. The van der Waals surface area contributed by atoms with E-state index < -0.39 is 21.9 Å². The Kier molecular flexibility index (Phi) is 7.54. The fourth-order valence-electron chi connectivity index (χ4n) is 2.91. The number of rotatable bonds is 6. The van der Waals surface area contributed by atoms with Crippen LogP contribution in [0.15, 0.2) is 59.5 Å². The van der Waals surface area contributed by atoms with E-state index in [4.69, 9.17) is 12.2 Å². The zero-order valence-electron chi connectivity index (χ0n) is 18.4. The molecule has 0 saturated carbocycles. The zero-order valence-corrected chi connectivity index (χ0v) is 20.1. The van der Waals surface area contributed by atoms with E-state index in [0.717, 1.165) is 0 Å². The zero-order chi connectivity index (χ0) is 24.9. The van der Waals surface area contributed by atoms with E-state index in [0.29, 0.717) is 17.1 Å².